The van der Waals surface area contributed by atoms with Gasteiger partial charge in [0.25, 0.3) is 5.56 Å². The Labute approximate surface area is 156 Å². The summed E-state index contributed by atoms with van der Waals surface area (Å²) in [6.45, 7) is 2.04. The van der Waals surface area contributed by atoms with Gasteiger partial charge in [-0.05, 0) is 54.3 Å². The molecule has 0 N–H and O–H groups in total. The summed E-state index contributed by atoms with van der Waals surface area (Å²) in [6, 6.07) is 12.0. The number of hydrogen-bond acceptors (Lipinski definition) is 4. The quantitative estimate of drug-likeness (QED) is 0.561. The van der Waals surface area contributed by atoms with Crippen LogP contribution in [-0.2, 0) is 13.5 Å². The van der Waals surface area contributed by atoms with E-state index >= 15 is 0 Å². The molecule has 0 saturated carbocycles. The second kappa shape index (κ2) is 6.72. The van der Waals surface area contributed by atoms with Crippen molar-refractivity contribution in [2.75, 3.05) is 7.11 Å². The van der Waals surface area contributed by atoms with Crippen molar-refractivity contribution in [3.05, 3.63) is 82.2 Å². The fraction of sp³-hybridized carbons (Fsp3) is 0.190. The summed E-state index contributed by atoms with van der Waals surface area (Å²) in [5.41, 5.74) is 4.62. The first kappa shape index (κ1) is 17.0. The first-order chi connectivity index (χ1) is 13.0. The van der Waals surface area contributed by atoms with Crippen molar-refractivity contribution >= 4 is 10.9 Å². The largest absolute Gasteiger partial charge is 0.497 e. The van der Waals surface area contributed by atoms with Gasteiger partial charge in [0.2, 0.25) is 0 Å². The number of nitrogens with zero attached hydrogens (tertiary/aromatic N) is 4. The molecule has 2 aromatic heterocycles. The number of aromatic nitrogens is 4. The molecule has 136 valence electrons. The van der Waals surface area contributed by atoms with E-state index in [2.05, 4.69) is 16.1 Å². The lowest BCUT2D eigenvalue weighted by Gasteiger charge is -2.09. The molecule has 0 fully saturated rings. The first-order valence-electron chi connectivity index (χ1n) is 8.67. The van der Waals surface area contributed by atoms with E-state index in [-0.39, 0.29) is 5.56 Å². The predicted octanol–water partition coefficient (Wildman–Crippen LogP) is 3.03. The lowest BCUT2D eigenvalue weighted by molar-refractivity contribution is 0.414. The van der Waals surface area contributed by atoms with Crippen molar-refractivity contribution < 1.29 is 4.74 Å². The highest BCUT2D eigenvalue weighted by molar-refractivity contribution is 5.78. The lowest BCUT2D eigenvalue weighted by Crippen LogP contribution is -2.18. The molecular formula is C21H20N4O2. The summed E-state index contributed by atoms with van der Waals surface area (Å²) in [4.78, 5) is 17.4. The maximum atomic E-state index is 13.0. The third-order valence-corrected chi connectivity index (χ3v) is 4.55. The Hall–Kier alpha value is -3.41. The fourth-order valence-corrected chi connectivity index (χ4v) is 3.28. The Morgan fingerprint density at radius 3 is 2.70 bits per heavy atom. The molecule has 0 saturated heterocycles. The van der Waals surface area contributed by atoms with Crippen molar-refractivity contribution in [1.29, 1.82) is 0 Å². The topological polar surface area (TPSA) is 61.9 Å². The minimum Gasteiger partial charge on any atom is -0.497 e. The molecule has 4 rings (SSSR count). The van der Waals surface area contributed by atoms with E-state index in [1.165, 1.54) is 4.57 Å². The van der Waals surface area contributed by atoms with E-state index in [0.717, 1.165) is 28.9 Å². The van der Waals surface area contributed by atoms with Crippen LogP contribution in [0.3, 0.4) is 0 Å². The Morgan fingerprint density at radius 2 is 1.96 bits per heavy atom. The van der Waals surface area contributed by atoms with E-state index in [4.69, 9.17) is 4.74 Å². The molecule has 27 heavy (non-hydrogen) atoms. The SMILES string of the molecule is COc1cc(C)cc(Cc2ccc3ncn(-c4cnn(C)c4)c(=O)c3c2)c1. The predicted molar refractivity (Wildman–Crippen MR) is 105 cm³/mol. The molecule has 0 aliphatic heterocycles. The number of benzene rings is 2. The Morgan fingerprint density at radius 1 is 1.11 bits per heavy atom. The van der Waals surface area contributed by atoms with Crippen LogP contribution in [0.2, 0.25) is 0 Å². The van der Waals surface area contributed by atoms with Gasteiger partial charge >= 0.3 is 0 Å². The third-order valence-electron chi connectivity index (χ3n) is 4.55. The molecule has 2 aromatic carbocycles. The molecule has 6 heteroatoms. The molecule has 0 bridgehead atoms. The van der Waals surface area contributed by atoms with E-state index in [1.807, 2.05) is 44.3 Å². The number of methoxy groups -OCH3 is 1. The van der Waals surface area contributed by atoms with E-state index < -0.39 is 0 Å². The van der Waals surface area contributed by atoms with Crippen LogP contribution >= 0.6 is 0 Å². The molecule has 2 heterocycles. The zero-order chi connectivity index (χ0) is 19.0. The highest BCUT2D eigenvalue weighted by Gasteiger charge is 2.09. The molecule has 0 aliphatic carbocycles. The van der Waals surface area contributed by atoms with Gasteiger partial charge in [0, 0.05) is 13.2 Å². The fourth-order valence-electron chi connectivity index (χ4n) is 3.28. The van der Waals surface area contributed by atoms with Gasteiger partial charge in [-0.15, -0.1) is 0 Å². The monoisotopic (exact) mass is 360 g/mol. The second-order valence-electron chi connectivity index (χ2n) is 6.68. The summed E-state index contributed by atoms with van der Waals surface area (Å²) in [5.74, 6) is 0.839. The molecule has 0 unspecified atom stereocenters. The number of fused-ring (bicyclic) bond motifs is 1. The summed E-state index contributed by atoms with van der Waals surface area (Å²) < 4.78 is 8.54. The van der Waals surface area contributed by atoms with Crippen LogP contribution < -0.4 is 10.3 Å². The van der Waals surface area contributed by atoms with E-state index in [0.29, 0.717) is 16.6 Å². The second-order valence-corrected chi connectivity index (χ2v) is 6.68. The van der Waals surface area contributed by atoms with E-state index in [9.17, 15) is 4.79 Å². The highest BCUT2D eigenvalue weighted by Crippen LogP contribution is 2.20. The van der Waals surface area contributed by atoms with Crippen molar-refractivity contribution in [3.8, 4) is 11.4 Å². The van der Waals surface area contributed by atoms with Crippen LogP contribution in [0.4, 0.5) is 0 Å². The summed E-state index contributed by atoms with van der Waals surface area (Å²) in [6.07, 6.45) is 5.71. The molecule has 0 radical (unpaired) electrons. The van der Waals surface area contributed by atoms with Gasteiger partial charge in [0.1, 0.15) is 12.1 Å². The van der Waals surface area contributed by atoms with Gasteiger partial charge in [-0.25, -0.2) is 4.98 Å². The summed E-state index contributed by atoms with van der Waals surface area (Å²) in [7, 11) is 3.48. The van der Waals surface area contributed by atoms with Crippen molar-refractivity contribution in [1.82, 2.24) is 19.3 Å². The minimum absolute atomic E-state index is 0.100. The van der Waals surface area contributed by atoms with Crippen LogP contribution in [0.1, 0.15) is 16.7 Å². The molecular weight excluding hydrogens is 340 g/mol. The van der Waals surface area contributed by atoms with Crippen molar-refractivity contribution in [2.24, 2.45) is 7.05 Å². The third kappa shape index (κ3) is 3.33. The number of ether oxygens (including phenoxy) is 1. The van der Waals surface area contributed by atoms with Crippen LogP contribution in [0.5, 0.6) is 5.75 Å². The Balaban J connectivity index is 1.76. The Kier molecular flexibility index (Phi) is 4.24. The maximum absolute atomic E-state index is 13.0. The Bertz CT molecular complexity index is 1190. The zero-order valence-electron chi connectivity index (χ0n) is 15.5. The van der Waals surface area contributed by atoms with Gasteiger partial charge in [-0.2, -0.15) is 5.10 Å². The average Bonchev–Trinajstić information content (AvgIpc) is 3.08. The zero-order valence-corrected chi connectivity index (χ0v) is 15.5. The summed E-state index contributed by atoms with van der Waals surface area (Å²) in [5, 5.41) is 4.73. The van der Waals surface area contributed by atoms with Gasteiger partial charge < -0.3 is 4.74 Å². The standard InChI is InChI=1S/C21H20N4O2/c1-14-6-16(9-18(7-14)27-3)8-15-4-5-20-19(10-15)21(26)25(13-22-20)17-11-23-24(2)12-17/h4-7,9-13H,8H2,1-3H3. The molecule has 0 atom stereocenters. The number of hydrogen-bond donors (Lipinski definition) is 0. The van der Waals surface area contributed by atoms with Crippen molar-refractivity contribution in [2.45, 2.75) is 13.3 Å². The molecule has 0 amide bonds. The molecule has 6 nitrogen and oxygen atoms in total. The van der Waals surface area contributed by atoms with Crippen LogP contribution in [0.25, 0.3) is 16.6 Å². The smallest absolute Gasteiger partial charge is 0.265 e. The van der Waals surface area contributed by atoms with E-state index in [1.54, 1.807) is 30.5 Å². The van der Waals surface area contributed by atoms with Gasteiger partial charge in [-0.1, -0.05) is 12.1 Å². The number of rotatable bonds is 4. The van der Waals surface area contributed by atoms with Crippen LogP contribution in [-0.4, -0.2) is 26.4 Å². The number of aryl methyl sites for hydroxylation is 2. The minimum atomic E-state index is -0.100. The van der Waals surface area contributed by atoms with Crippen molar-refractivity contribution in [3.63, 3.8) is 0 Å². The summed E-state index contributed by atoms with van der Waals surface area (Å²) >= 11 is 0. The molecule has 0 spiro atoms. The first-order valence-corrected chi connectivity index (χ1v) is 8.67. The van der Waals surface area contributed by atoms with Gasteiger partial charge in [0.15, 0.2) is 0 Å². The van der Waals surface area contributed by atoms with Gasteiger partial charge in [-0.3, -0.25) is 14.0 Å². The lowest BCUT2D eigenvalue weighted by atomic mass is 10.0. The van der Waals surface area contributed by atoms with Gasteiger partial charge in [0.05, 0.1) is 29.9 Å². The molecule has 0 aliphatic rings. The maximum Gasteiger partial charge on any atom is 0.265 e. The highest BCUT2D eigenvalue weighted by atomic mass is 16.5. The molecule has 4 aromatic rings. The van der Waals surface area contributed by atoms with Crippen LogP contribution in [0.15, 0.2) is 59.9 Å². The normalized spacial score (nSPS) is 11.1. The van der Waals surface area contributed by atoms with Crippen LogP contribution in [0, 0.1) is 6.92 Å². The average molecular weight is 360 g/mol.